The van der Waals surface area contributed by atoms with Gasteiger partial charge in [-0.15, -0.1) is 0 Å². The lowest BCUT2D eigenvalue weighted by atomic mass is 10.1. The Morgan fingerprint density at radius 2 is 1.22 bits per heavy atom. The minimum Gasteiger partial charge on any atom is -0.370 e. The molecule has 3 fully saturated rings. The number of amides is 1. The molecule has 3 aliphatic rings. The number of nitrogens with zero attached hydrogens (tertiary/aromatic N) is 3. The van der Waals surface area contributed by atoms with Crippen molar-refractivity contribution in [3.63, 3.8) is 0 Å². The molecule has 0 atom stereocenters. The molecule has 0 N–H and O–H groups in total. The summed E-state index contributed by atoms with van der Waals surface area (Å²) < 4.78 is 0. The molecule has 0 saturated carbocycles. The minimum atomic E-state index is 0.218. The Morgan fingerprint density at radius 1 is 0.696 bits per heavy atom. The second-order valence-corrected chi connectivity index (χ2v) is 7.09. The highest BCUT2D eigenvalue weighted by Gasteiger charge is 2.25. The quantitative estimate of drug-likeness (QED) is 0.858. The third-order valence-electron chi connectivity index (χ3n) is 5.51. The monoisotopic (exact) mass is 313 g/mol. The van der Waals surface area contributed by atoms with E-state index in [4.69, 9.17) is 0 Å². The Kier molecular flexibility index (Phi) is 4.15. The number of rotatable bonds is 3. The molecule has 3 aliphatic heterocycles. The van der Waals surface area contributed by atoms with Crippen molar-refractivity contribution in [2.24, 2.45) is 0 Å². The lowest BCUT2D eigenvalue weighted by Gasteiger charge is -2.28. The van der Waals surface area contributed by atoms with Gasteiger partial charge >= 0.3 is 0 Å². The van der Waals surface area contributed by atoms with Crippen molar-refractivity contribution in [3.05, 3.63) is 23.8 Å². The van der Waals surface area contributed by atoms with E-state index in [1.165, 1.54) is 37.1 Å². The summed E-state index contributed by atoms with van der Waals surface area (Å²) in [5.74, 6) is 0.218. The predicted octanol–water partition coefficient (Wildman–Crippen LogP) is 3.12. The van der Waals surface area contributed by atoms with Crippen LogP contribution in [0.4, 0.5) is 11.4 Å². The van der Waals surface area contributed by atoms with Gasteiger partial charge in [-0.2, -0.15) is 0 Å². The van der Waals surface area contributed by atoms with Gasteiger partial charge in [-0.05, 0) is 56.7 Å². The molecule has 3 saturated heterocycles. The second-order valence-electron chi connectivity index (χ2n) is 7.09. The molecule has 1 aromatic carbocycles. The maximum absolute atomic E-state index is 12.7. The highest BCUT2D eigenvalue weighted by Crippen LogP contribution is 2.35. The van der Waals surface area contributed by atoms with Crippen LogP contribution in [0, 0.1) is 0 Å². The van der Waals surface area contributed by atoms with Crippen LogP contribution in [0.2, 0.25) is 0 Å². The van der Waals surface area contributed by atoms with Gasteiger partial charge in [0.05, 0.1) is 11.4 Å². The van der Waals surface area contributed by atoms with Gasteiger partial charge in [0.15, 0.2) is 0 Å². The van der Waals surface area contributed by atoms with Gasteiger partial charge in [0.25, 0.3) is 5.91 Å². The topological polar surface area (TPSA) is 26.8 Å². The Bertz CT molecular complexity index is 568. The van der Waals surface area contributed by atoms with Gasteiger partial charge in [0.1, 0.15) is 0 Å². The fourth-order valence-electron chi connectivity index (χ4n) is 4.20. The number of anilines is 2. The summed E-state index contributed by atoms with van der Waals surface area (Å²) in [6, 6.07) is 6.41. The predicted molar refractivity (Wildman–Crippen MR) is 94.5 cm³/mol. The van der Waals surface area contributed by atoms with Gasteiger partial charge < -0.3 is 14.7 Å². The van der Waals surface area contributed by atoms with Gasteiger partial charge in [-0.25, -0.2) is 0 Å². The number of carbonyl (C=O) groups is 1. The molecule has 0 aromatic heterocycles. The normalized spacial score (nSPS) is 21.5. The van der Waals surface area contributed by atoms with Gasteiger partial charge in [-0.1, -0.05) is 0 Å². The van der Waals surface area contributed by atoms with Crippen LogP contribution in [0.15, 0.2) is 18.2 Å². The van der Waals surface area contributed by atoms with Crippen molar-refractivity contribution in [2.45, 2.75) is 38.5 Å². The Labute approximate surface area is 139 Å². The fourth-order valence-corrected chi connectivity index (χ4v) is 4.20. The number of carbonyl (C=O) groups excluding carboxylic acids is 1. The number of hydrogen-bond acceptors (Lipinski definition) is 3. The minimum absolute atomic E-state index is 0.218. The molecule has 0 bridgehead atoms. The molecular formula is C19H27N3O. The molecule has 4 heteroatoms. The highest BCUT2D eigenvalue weighted by molar-refractivity contribution is 5.96. The molecule has 1 amide bonds. The Morgan fingerprint density at radius 3 is 1.83 bits per heavy atom. The zero-order chi connectivity index (χ0) is 15.6. The van der Waals surface area contributed by atoms with E-state index in [-0.39, 0.29) is 5.91 Å². The first-order valence-electron chi connectivity index (χ1n) is 9.26. The summed E-state index contributed by atoms with van der Waals surface area (Å²) in [5.41, 5.74) is 3.49. The molecule has 1 aromatic rings. The Balaban J connectivity index is 1.65. The molecule has 4 rings (SSSR count). The third-order valence-corrected chi connectivity index (χ3v) is 5.51. The van der Waals surface area contributed by atoms with E-state index in [0.717, 1.165) is 57.7 Å². The largest absolute Gasteiger partial charge is 0.370 e. The average Bonchev–Trinajstić information content (AvgIpc) is 3.37. The van der Waals surface area contributed by atoms with Crippen molar-refractivity contribution >= 4 is 17.3 Å². The van der Waals surface area contributed by atoms with Gasteiger partial charge in [-0.3, -0.25) is 4.79 Å². The van der Waals surface area contributed by atoms with Crippen LogP contribution in [-0.2, 0) is 0 Å². The third kappa shape index (κ3) is 2.91. The molecule has 0 spiro atoms. The molecular weight excluding hydrogens is 286 g/mol. The Hall–Kier alpha value is -1.71. The first kappa shape index (κ1) is 14.9. The van der Waals surface area contributed by atoms with Crippen LogP contribution >= 0.6 is 0 Å². The van der Waals surface area contributed by atoms with Crippen LogP contribution in [0.25, 0.3) is 0 Å². The average molecular weight is 313 g/mol. The van der Waals surface area contributed by atoms with E-state index >= 15 is 0 Å². The molecule has 0 unspecified atom stereocenters. The van der Waals surface area contributed by atoms with Crippen LogP contribution in [0.3, 0.4) is 0 Å². The summed E-state index contributed by atoms with van der Waals surface area (Å²) in [5, 5.41) is 0. The van der Waals surface area contributed by atoms with Crippen molar-refractivity contribution in [2.75, 3.05) is 49.1 Å². The highest BCUT2D eigenvalue weighted by atomic mass is 16.2. The maximum Gasteiger partial charge on any atom is 0.253 e. The van der Waals surface area contributed by atoms with Crippen molar-refractivity contribution in [1.29, 1.82) is 0 Å². The van der Waals surface area contributed by atoms with E-state index in [1.807, 2.05) is 11.0 Å². The molecule has 23 heavy (non-hydrogen) atoms. The zero-order valence-electron chi connectivity index (χ0n) is 14.0. The van der Waals surface area contributed by atoms with E-state index in [1.54, 1.807) is 0 Å². The second kappa shape index (κ2) is 6.42. The number of hydrogen-bond donors (Lipinski definition) is 0. The molecule has 4 nitrogen and oxygen atoms in total. The van der Waals surface area contributed by atoms with Crippen LogP contribution in [0.5, 0.6) is 0 Å². The van der Waals surface area contributed by atoms with Crippen molar-refractivity contribution < 1.29 is 4.79 Å². The molecule has 3 heterocycles. The van der Waals surface area contributed by atoms with Crippen LogP contribution < -0.4 is 9.80 Å². The van der Waals surface area contributed by atoms with Crippen molar-refractivity contribution in [3.8, 4) is 0 Å². The van der Waals surface area contributed by atoms with Gasteiger partial charge in [0, 0.05) is 44.8 Å². The van der Waals surface area contributed by atoms with Crippen molar-refractivity contribution in [1.82, 2.24) is 4.90 Å². The maximum atomic E-state index is 12.7. The molecule has 0 radical (unpaired) electrons. The summed E-state index contributed by atoms with van der Waals surface area (Å²) in [4.78, 5) is 19.7. The fraction of sp³-hybridized carbons (Fsp3) is 0.632. The molecule has 124 valence electrons. The summed E-state index contributed by atoms with van der Waals surface area (Å²) in [6.45, 7) is 6.41. The van der Waals surface area contributed by atoms with E-state index in [9.17, 15) is 4.79 Å². The first-order valence-corrected chi connectivity index (χ1v) is 9.26. The summed E-state index contributed by atoms with van der Waals surface area (Å²) in [6.07, 6.45) is 7.41. The van der Waals surface area contributed by atoms with Crippen LogP contribution in [-0.4, -0.2) is 50.1 Å². The van der Waals surface area contributed by atoms with E-state index in [0.29, 0.717) is 0 Å². The first-order chi connectivity index (χ1) is 11.3. The number of likely N-dealkylation sites (tertiary alicyclic amines) is 1. The summed E-state index contributed by atoms with van der Waals surface area (Å²) in [7, 11) is 0. The summed E-state index contributed by atoms with van der Waals surface area (Å²) >= 11 is 0. The number of benzene rings is 1. The van der Waals surface area contributed by atoms with Gasteiger partial charge in [0.2, 0.25) is 0 Å². The lowest BCUT2D eigenvalue weighted by Crippen LogP contribution is -2.29. The molecule has 0 aliphatic carbocycles. The van der Waals surface area contributed by atoms with E-state index < -0.39 is 0 Å². The smallest absolute Gasteiger partial charge is 0.253 e. The SMILES string of the molecule is O=C(c1ccc(N2CCCC2)c(N2CCCC2)c1)N1CCCC1. The van der Waals surface area contributed by atoms with Crippen LogP contribution in [0.1, 0.15) is 48.9 Å². The zero-order valence-corrected chi connectivity index (χ0v) is 14.0. The lowest BCUT2D eigenvalue weighted by molar-refractivity contribution is 0.0793. The standard InChI is InChI=1S/C19H27N3O/c23-19(22-13-5-6-14-22)16-7-8-17(20-9-1-2-10-20)18(15-16)21-11-3-4-12-21/h7-8,15H,1-6,9-14H2. The van der Waals surface area contributed by atoms with E-state index in [2.05, 4.69) is 21.9 Å².